The van der Waals surface area contributed by atoms with E-state index in [0.29, 0.717) is 13.1 Å². The standard InChI is InChI=1S/C16H23ClN2O3S/c1-12(2)18(3)23(21,22)13-7-8-15(17)14(11-13)16(20)19-9-5-4-6-10-19/h7-8,11-12H,4-6,9-10H2,1-3H3. The SMILES string of the molecule is CC(C)N(C)S(=O)(=O)c1ccc(Cl)c(C(=O)N2CCCCC2)c1. The predicted octanol–water partition coefficient (Wildman–Crippen LogP) is 3.00. The van der Waals surface area contributed by atoms with Gasteiger partial charge in [0.25, 0.3) is 5.91 Å². The van der Waals surface area contributed by atoms with Crippen LogP contribution in [0.25, 0.3) is 0 Å². The maximum absolute atomic E-state index is 12.6. The molecule has 23 heavy (non-hydrogen) atoms. The Morgan fingerprint density at radius 1 is 1.22 bits per heavy atom. The van der Waals surface area contributed by atoms with Crippen molar-refractivity contribution in [2.75, 3.05) is 20.1 Å². The molecule has 2 rings (SSSR count). The third-order valence-corrected chi connectivity index (χ3v) is 6.57. The first-order valence-electron chi connectivity index (χ1n) is 7.82. The molecule has 1 aliphatic rings. The number of piperidine rings is 1. The molecule has 1 heterocycles. The second-order valence-corrected chi connectivity index (χ2v) is 8.51. The van der Waals surface area contributed by atoms with Crippen LogP contribution in [0.3, 0.4) is 0 Å². The Labute approximate surface area is 143 Å². The first kappa shape index (κ1) is 18.2. The molecular formula is C16H23ClN2O3S. The van der Waals surface area contributed by atoms with Crippen LogP contribution in [0.2, 0.25) is 5.02 Å². The summed E-state index contributed by atoms with van der Waals surface area (Å²) >= 11 is 6.15. The van der Waals surface area contributed by atoms with Gasteiger partial charge in [-0.15, -0.1) is 0 Å². The summed E-state index contributed by atoms with van der Waals surface area (Å²) in [6.07, 6.45) is 3.06. The first-order chi connectivity index (χ1) is 10.7. The number of amides is 1. The molecule has 5 nitrogen and oxygen atoms in total. The summed E-state index contributed by atoms with van der Waals surface area (Å²) in [6.45, 7) is 4.98. The number of hydrogen-bond donors (Lipinski definition) is 0. The number of carbonyl (C=O) groups is 1. The summed E-state index contributed by atoms with van der Waals surface area (Å²) < 4.78 is 26.5. The lowest BCUT2D eigenvalue weighted by Crippen LogP contribution is -2.36. The van der Waals surface area contributed by atoms with Gasteiger partial charge in [0.15, 0.2) is 0 Å². The van der Waals surface area contributed by atoms with Gasteiger partial charge in [0.05, 0.1) is 15.5 Å². The van der Waals surface area contributed by atoms with E-state index in [1.807, 2.05) is 0 Å². The largest absolute Gasteiger partial charge is 0.339 e. The van der Waals surface area contributed by atoms with Crippen LogP contribution in [0.4, 0.5) is 0 Å². The van der Waals surface area contributed by atoms with Crippen molar-refractivity contribution < 1.29 is 13.2 Å². The lowest BCUT2D eigenvalue weighted by molar-refractivity contribution is 0.0724. The molecule has 0 N–H and O–H groups in total. The number of rotatable bonds is 4. The highest BCUT2D eigenvalue weighted by Crippen LogP contribution is 2.25. The van der Waals surface area contributed by atoms with E-state index in [9.17, 15) is 13.2 Å². The van der Waals surface area contributed by atoms with Crippen molar-refractivity contribution in [3.8, 4) is 0 Å². The van der Waals surface area contributed by atoms with Crippen molar-refractivity contribution in [2.24, 2.45) is 0 Å². The summed E-state index contributed by atoms with van der Waals surface area (Å²) in [6, 6.07) is 4.16. The molecule has 0 aliphatic carbocycles. The highest BCUT2D eigenvalue weighted by Gasteiger charge is 2.26. The van der Waals surface area contributed by atoms with E-state index in [1.165, 1.54) is 29.6 Å². The van der Waals surface area contributed by atoms with Gasteiger partial charge in [0, 0.05) is 26.2 Å². The zero-order valence-corrected chi connectivity index (χ0v) is 15.3. The smallest absolute Gasteiger partial charge is 0.255 e. The number of carbonyl (C=O) groups excluding carboxylic acids is 1. The molecule has 7 heteroatoms. The summed E-state index contributed by atoms with van der Waals surface area (Å²) in [4.78, 5) is 14.5. The average Bonchev–Trinajstić information content (AvgIpc) is 2.54. The normalized spacial score (nSPS) is 16.2. The minimum Gasteiger partial charge on any atom is -0.339 e. The third kappa shape index (κ3) is 3.87. The second kappa shape index (κ2) is 7.20. The quantitative estimate of drug-likeness (QED) is 0.831. The number of halogens is 1. The predicted molar refractivity (Wildman–Crippen MR) is 91.3 cm³/mol. The molecule has 128 valence electrons. The van der Waals surface area contributed by atoms with Crippen molar-refractivity contribution in [3.63, 3.8) is 0 Å². The van der Waals surface area contributed by atoms with Crippen molar-refractivity contribution in [3.05, 3.63) is 28.8 Å². The van der Waals surface area contributed by atoms with E-state index in [4.69, 9.17) is 11.6 Å². The van der Waals surface area contributed by atoms with Crippen LogP contribution in [-0.2, 0) is 10.0 Å². The molecule has 1 amide bonds. The van der Waals surface area contributed by atoms with Crippen LogP contribution in [-0.4, -0.2) is 49.7 Å². The number of likely N-dealkylation sites (tertiary alicyclic amines) is 1. The van der Waals surface area contributed by atoms with Gasteiger partial charge in [-0.05, 0) is 51.3 Å². The number of benzene rings is 1. The minimum absolute atomic E-state index is 0.0958. The van der Waals surface area contributed by atoms with Gasteiger partial charge in [0.1, 0.15) is 0 Å². The molecule has 0 spiro atoms. The Kier molecular flexibility index (Phi) is 5.70. The van der Waals surface area contributed by atoms with Crippen molar-refractivity contribution in [2.45, 2.75) is 44.0 Å². The van der Waals surface area contributed by atoms with Gasteiger partial charge in [-0.3, -0.25) is 4.79 Å². The van der Waals surface area contributed by atoms with Crippen molar-refractivity contribution >= 4 is 27.5 Å². The van der Waals surface area contributed by atoms with Gasteiger partial charge in [-0.1, -0.05) is 11.6 Å². The fourth-order valence-electron chi connectivity index (χ4n) is 2.54. The Morgan fingerprint density at radius 3 is 2.39 bits per heavy atom. The van der Waals surface area contributed by atoms with Gasteiger partial charge < -0.3 is 4.90 Å². The first-order valence-corrected chi connectivity index (χ1v) is 9.64. The average molecular weight is 359 g/mol. The van der Waals surface area contributed by atoms with Crippen LogP contribution < -0.4 is 0 Å². The third-order valence-electron chi connectivity index (χ3n) is 4.22. The fourth-order valence-corrected chi connectivity index (χ4v) is 4.13. The van der Waals surface area contributed by atoms with Crippen molar-refractivity contribution in [1.82, 2.24) is 9.21 Å². The molecule has 0 unspecified atom stereocenters. The fraction of sp³-hybridized carbons (Fsp3) is 0.562. The van der Waals surface area contributed by atoms with Gasteiger partial charge >= 0.3 is 0 Å². The van der Waals surface area contributed by atoms with E-state index < -0.39 is 10.0 Å². The van der Waals surface area contributed by atoms with Crippen LogP contribution >= 0.6 is 11.6 Å². The Balaban J connectivity index is 2.37. The van der Waals surface area contributed by atoms with Crippen molar-refractivity contribution in [1.29, 1.82) is 0 Å². The molecule has 0 saturated carbocycles. The topological polar surface area (TPSA) is 57.7 Å². The summed E-state index contributed by atoms with van der Waals surface area (Å²) in [7, 11) is -2.11. The summed E-state index contributed by atoms with van der Waals surface area (Å²) in [5, 5.41) is 0.284. The molecule has 0 bridgehead atoms. The van der Waals surface area contributed by atoms with Gasteiger partial charge in [-0.25, -0.2) is 8.42 Å². The lowest BCUT2D eigenvalue weighted by atomic mass is 10.1. The number of hydrogen-bond acceptors (Lipinski definition) is 3. The van der Waals surface area contributed by atoms with Crippen LogP contribution in [0.5, 0.6) is 0 Å². The Hall–Kier alpha value is -1.11. The zero-order valence-electron chi connectivity index (χ0n) is 13.8. The molecule has 0 radical (unpaired) electrons. The molecule has 1 fully saturated rings. The van der Waals surface area contributed by atoms with Crippen LogP contribution in [0.1, 0.15) is 43.5 Å². The Bertz CT molecular complexity index is 683. The minimum atomic E-state index is -3.64. The molecule has 0 aromatic heterocycles. The van der Waals surface area contributed by atoms with E-state index in [2.05, 4.69) is 0 Å². The molecule has 1 aliphatic heterocycles. The molecule has 1 aromatic carbocycles. The number of sulfonamides is 1. The van der Waals surface area contributed by atoms with E-state index in [1.54, 1.807) is 18.7 Å². The van der Waals surface area contributed by atoms with Crippen LogP contribution in [0, 0.1) is 0 Å². The summed E-state index contributed by atoms with van der Waals surface area (Å²) in [5.41, 5.74) is 0.256. The lowest BCUT2D eigenvalue weighted by Gasteiger charge is -2.27. The Morgan fingerprint density at radius 2 is 1.83 bits per heavy atom. The molecule has 0 atom stereocenters. The van der Waals surface area contributed by atoms with Gasteiger partial charge in [0.2, 0.25) is 10.0 Å². The summed E-state index contributed by atoms with van der Waals surface area (Å²) in [5.74, 6) is -0.195. The van der Waals surface area contributed by atoms with E-state index >= 15 is 0 Å². The number of nitrogens with zero attached hydrogens (tertiary/aromatic N) is 2. The van der Waals surface area contributed by atoms with Crippen LogP contribution in [0.15, 0.2) is 23.1 Å². The monoisotopic (exact) mass is 358 g/mol. The van der Waals surface area contributed by atoms with Gasteiger partial charge in [-0.2, -0.15) is 4.31 Å². The maximum atomic E-state index is 12.6. The maximum Gasteiger partial charge on any atom is 0.255 e. The molecular weight excluding hydrogens is 336 g/mol. The molecule has 1 aromatic rings. The molecule has 1 saturated heterocycles. The highest BCUT2D eigenvalue weighted by molar-refractivity contribution is 7.89. The highest BCUT2D eigenvalue weighted by atomic mass is 35.5. The van der Waals surface area contributed by atoms with E-state index in [-0.39, 0.29) is 27.4 Å². The zero-order chi connectivity index (χ0) is 17.2. The second-order valence-electron chi connectivity index (χ2n) is 6.11. The van der Waals surface area contributed by atoms with E-state index in [0.717, 1.165) is 19.3 Å².